The highest BCUT2D eigenvalue weighted by Crippen LogP contribution is 2.32. The van der Waals surface area contributed by atoms with Crippen LogP contribution in [0.5, 0.6) is 0 Å². The van der Waals surface area contributed by atoms with Gasteiger partial charge in [-0.2, -0.15) is 0 Å². The average Bonchev–Trinajstić information content (AvgIpc) is 2.96. The maximum atomic E-state index is 11.6. The maximum Gasteiger partial charge on any atom is 0.234 e. The van der Waals surface area contributed by atoms with Crippen molar-refractivity contribution >= 4 is 5.91 Å². The summed E-state index contributed by atoms with van der Waals surface area (Å²) in [4.78, 5) is 11.6. The molecule has 1 aliphatic rings. The molecule has 2 N–H and O–H groups in total. The molecule has 1 fully saturated rings. The molecule has 0 aromatic rings. The summed E-state index contributed by atoms with van der Waals surface area (Å²) in [6.45, 7) is 8.79. The van der Waals surface area contributed by atoms with Crippen LogP contribution in [0, 0.1) is 5.92 Å². The van der Waals surface area contributed by atoms with Crippen molar-refractivity contribution in [2.75, 3.05) is 6.54 Å². The largest absolute Gasteiger partial charge is 0.350 e. The molecule has 15 heavy (non-hydrogen) atoms. The molecule has 1 atom stereocenters. The Kier molecular flexibility index (Phi) is 4.14. The van der Waals surface area contributed by atoms with Crippen molar-refractivity contribution in [2.45, 2.75) is 58.5 Å². The lowest BCUT2D eigenvalue weighted by Crippen LogP contribution is -2.47. The van der Waals surface area contributed by atoms with Gasteiger partial charge in [-0.05, 0) is 46.0 Å². The first-order valence-electron chi connectivity index (χ1n) is 5.99. The molecule has 0 aromatic carbocycles. The Balaban J connectivity index is 2.17. The topological polar surface area (TPSA) is 41.1 Å². The van der Waals surface area contributed by atoms with Crippen LogP contribution in [-0.2, 0) is 4.79 Å². The van der Waals surface area contributed by atoms with Gasteiger partial charge in [0.1, 0.15) is 0 Å². The molecule has 0 saturated heterocycles. The predicted octanol–water partition coefficient (Wildman–Crippen LogP) is 1.68. The molecule has 3 nitrogen and oxygen atoms in total. The third-order valence-electron chi connectivity index (χ3n) is 3.28. The van der Waals surface area contributed by atoms with Gasteiger partial charge in [0.25, 0.3) is 0 Å². The lowest BCUT2D eigenvalue weighted by atomic mass is 10.0. The SMILES string of the molecule is CCC(C)(C)NC(=O)CNC(C)C1CC1. The molecule has 3 heteroatoms. The van der Waals surface area contributed by atoms with Gasteiger partial charge in [0.2, 0.25) is 5.91 Å². The van der Waals surface area contributed by atoms with Crippen molar-refractivity contribution in [1.29, 1.82) is 0 Å². The van der Waals surface area contributed by atoms with Crippen LogP contribution in [-0.4, -0.2) is 24.0 Å². The molecule has 0 aliphatic heterocycles. The summed E-state index contributed by atoms with van der Waals surface area (Å²) in [5.41, 5.74) is -0.0818. The van der Waals surface area contributed by atoms with Gasteiger partial charge in [-0.3, -0.25) is 4.79 Å². The van der Waals surface area contributed by atoms with Crippen molar-refractivity contribution in [1.82, 2.24) is 10.6 Å². The molecule has 0 heterocycles. The van der Waals surface area contributed by atoms with Crippen LogP contribution in [0.2, 0.25) is 0 Å². The number of rotatable bonds is 6. The summed E-state index contributed by atoms with van der Waals surface area (Å²) in [6.07, 6.45) is 3.59. The lowest BCUT2D eigenvalue weighted by Gasteiger charge is -2.25. The van der Waals surface area contributed by atoms with Crippen LogP contribution in [0.25, 0.3) is 0 Å². The van der Waals surface area contributed by atoms with Crippen molar-refractivity contribution in [3.63, 3.8) is 0 Å². The van der Waals surface area contributed by atoms with Gasteiger partial charge < -0.3 is 10.6 Å². The normalized spacial score (nSPS) is 18.7. The molecule has 1 rings (SSSR count). The van der Waals surface area contributed by atoms with Crippen molar-refractivity contribution in [3.05, 3.63) is 0 Å². The van der Waals surface area contributed by atoms with Crippen molar-refractivity contribution in [3.8, 4) is 0 Å². The van der Waals surface area contributed by atoms with E-state index in [1.807, 2.05) is 0 Å². The van der Waals surface area contributed by atoms with Gasteiger partial charge >= 0.3 is 0 Å². The number of hydrogen-bond donors (Lipinski definition) is 2. The second kappa shape index (κ2) is 4.97. The zero-order valence-electron chi connectivity index (χ0n) is 10.4. The van der Waals surface area contributed by atoms with E-state index in [1.54, 1.807) is 0 Å². The average molecular weight is 212 g/mol. The minimum Gasteiger partial charge on any atom is -0.350 e. The molecular formula is C12H24N2O. The van der Waals surface area contributed by atoms with Crippen LogP contribution in [0.3, 0.4) is 0 Å². The first-order chi connectivity index (χ1) is 6.94. The van der Waals surface area contributed by atoms with E-state index in [4.69, 9.17) is 0 Å². The third-order valence-corrected chi connectivity index (χ3v) is 3.28. The van der Waals surface area contributed by atoms with E-state index in [0.717, 1.165) is 12.3 Å². The fourth-order valence-corrected chi connectivity index (χ4v) is 1.53. The Morgan fingerprint density at radius 3 is 2.53 bits per heavy atom. The Hall–Kier alpha value is -0.570. The van der Waals surface area contributed by atoms with Gasteiger partial charge in [0.15, 0.2) is 0 Å². The maximum absolute atomic E-state index is 11.6. The Bertz CT molecular complexity index is 222. The van der Waals surface area contributed by atoms with Gasteiger partial charge in [-0.1, -0.05) is 6.92 Å². The molecule has 88 valence electrons. The fraction of sp³-hybridized carbons (Fsp3) is 0.917. The number of carbonyl (C=O) groups excluding carboxylic acids is 1. The Labute approximate surface area is 93.0 Å². The van der Waals surface area contributed by atoms with Crippen LogP contribution in [0.15, 0.2) is 0 Å². The van der Waals surface area contributed by atoms with Crippen molar-refractivity contribution in [2.24, 2.45) is 5.92 Å². The first-order valence-corrected chi connectivity index (χ1v) is 5.99. The van der Waals surface area contributed by atoms with Crippen molar-refractivity contribution < 1.29 is 4.79 Å². The summed E-state index contributed by atoms with van der Waals surface area (Å²) in [6, 6.07) is 0.487. The van der Waals surface area contributed by atoms with Crippen LogP contribution in [0.4, 0.5) is 0 Å². The third kappa shape index (κ3) is 4.65. The fourth-order valence-electron chi connectivity index (χ4n) is 1.53. The van der Waals surface area contributed by atoms with E-state index in [-0.39, 0.29) is 11.4 Å². The minimum absolute atomic E-state index is 0.0818. The Morgan fingerprint density at radius 1 is 1.47 bits per heavy atom. The molecule has 1 amide bonds. The Morgan fingerprint density at radius 2 is 2.07 bits per heavy atom. The molecular weight excluding hydrogens is 188 g/mol. The summed E-state index contributed by atoms with van der Waals surface area (Å²) in [5, 5.41) is 6.30. The number of carbonyl (C=O) groups is 1. The monoisotopic (exact) mass is 212 g/mol. The molecule has 0 spiro atoms. The second-order valence-electron chi connectivity index (χ2n) is 5.29. The van der Waals surface area contributed by atoms with Gasteiger partial charge in [-0.25, -0.2) is 0 Å². The predicted molar refractivity (Wildman–Crippen MR) is 62.7 cm³/mol. The highest BCUT2D eigenvalue weighted by Gasteiger charge is 2.28. The second-order valence-corrected chi connectivity index (χ2v) is 5.29. The quantitative estimate of drug-likeness (QED) is 0.703. The molecule has 0 aromatic heterocycles. The van der Waals surface area contributed by atoms with E-state index in [2.05, 4.69) is 38.3 Å². The van der Waals surface area contributed by atoms with Crippen LogP contribution in [0.1, 0.15) is 47.0 Å². The van der Waals surface area contributed by atoms with E-state index in [1.165, 1.54) is 12.8 Å². The van der Waals surface area contributed by atoms with E-state index >= 15 is 0 Å². The first kappa shape index (κ1) is 12.5. The zero-order chi connectivity index (χ0) is 11.5. The summed E-state index contributed by atoms with van der Waals surface area (Å²) in [7, 11) is 0. The number of hydrogen-bond acceptors (Lipinski definition) is 2. The lowest BCUT2D eigenvalue weighted by molar-refractivity contribution is -0.122. The number of amides is 1. The van der Waals surface area contributed by atoms with E-state index in [0.29, 0.717) is 12.6 Å². The molecule has 1 unspecified atom stereocenters. The van der Waals surface area contributed by atoms with Gasteiger partial charge in [0, 0.05) is 11.6 Å². The van der Waals surface area contributed by atoms with Crippen LogP contribution < -0.4 is 10.6 Å². The highest BCUT2D eigenvalue weighted by molar-refractivity contribution is 5.78. The standard InChI is InChI=1S/C12H24N2O/c1-5-12(3,4)14-11(15)8-13-9(2)10-6-7-10/h9-10,13H,5-8H2,1-4H3,(H,14,15). The minimum atomic E-state index is -0.0818. The highest BCUT2D eigenvalue weighted by atomic mass is 16.2. The molecule has 1 saturated carbocycles. The zero-order valence-corrected chi connectivity index (χ0v) is 10.4. The summed E-state index contributed by atoms with van der Waals surface area (Å²) in [5.74, 6) is 0.909. The summed E-state index contributed by atoms with van der Waals surface area (Å²) >= 11 is 0. The molecule has 0 bridgehead atoms. The smallest absolute Gasteiger partial charge is 0.234 e. The summed E-state index contributed by atoms with van der Waals surface area (Å²) < 4.78 is 0. The van der Waals surface area contributed by atoms with Gasteiger partial charge in [-0.15, -0.1) is 0 Å². The van der Waals surface area contributed by atoms with Crippen LogP contribution >= 0.6 is 0 Å². The van der Waals surface area contributed by atoms with E-state index < -0.39 is 0 Å². The molecule has 0 radical (unpaired) electrons. The molecule has 1 aliphatic carbocycles. The van der Waals surface area contributed by atoms with Gasteiger partial charge in [0.05, 0.1) is 6.54 Å². The number of nitrogens with one attached hydrogen (secondary N) is 2. The van der Waals surface area contributed by atoms with E-state index in [9.17, 15) is 4.79 Å².